The molecule has 0 spiro atoms. The Hall–Kier alpha value is -2.29. The van der Waals surface area contributed by atoms with Crippen LogP contribution in [-0.4, -0.2) is 50.5 Å². The first kappa shape index (κ1) is 20.0. The zero-order valence-corrected chi connectivity index (χ0v) is 17.2. The van der Waals surface area contributed by atoms with Crippen LogP contribution in [0.15, 0.2) is 47.4 Å². The van der Waals surface area contributed by atoms with Gasteiger partial charge in [0.15, 0.2) is 0 Å². The predicted molar refractivity (Wildman–Crippen MR) is 107 cm³/mol. The van der Waals surface area contributed by atoms with Gasteiger partial charge in [0.25, 0.3) is 5.91 Å². The normalized spacial score (nSPS) is 22.5. The van der Waals surface area contributed by atoms with Crippen molar-refractivity contribution in [3.63, 3.8) is 0 Å². The zero-order chi connectivity index (χ0) is 20.8. The second-order valence-electron chi connectivity index (χ2n) is 7.59. The molecule has 2 unspecified atom stereocenters. The number of halogens is 1. The summed E-state index contributed by atoms with van der Waals surface area (Å²) in [7, 11) is -3.75. The monoisotopic (exact) mass is 418 g/mol. The summed E-state index contributed by atoms with van der Waals surface area (Å²) in [6, 6.07) is 10.5. The Morgan fingerprint density at radius 3 is 2.55 bits per heavy atom. The highest BCUT2D eigenvalue weighted by molar-refractivity contribution is 7.89. The topological polar surface area (TPSA) is 66.9 Å². The molecule has 0 radical (unpaired) electrons. The number of nitrogens with zero attached hydrogens (tertiary/aromatic N) is 2. The van der Waals surface area contributed by atoms with E-state index in [1.54, 1.807) is 18.2 Å². The van der Waals surface area contributed by atoms with E-state index >= 15 is 0 Å². The van der Waals surface area contributed by atoms with Gasteiger partial charge in [-0.1, -0.05) is 12.1 Å². The van der Waals surface area contributed by atoms with Gasteiger partial charge in [0.2, 0.25) is 10.0 Å². The summed E-state index contributed by atoms with van der Waals surface area (Å²) in [6.07, 6.45) is 0.242. The maximum absolute atomic E-state index is 13.7. The lowest BCUT2D eigenvalue weighted by Crippen LogP contribution is -2.48. The minimum Gasteiger partial charge on any atom is -0.373 e. The number of morpholine rings is 1. The number of anilines is 1. The molecular weight excluding hydrogens is 395 g/mol. The number of rotatable bonds is 3. The van der Waals surface area contributed by atoms with Crippen LogP contribution in [0.2, 0.25) is 0 Å². The molecule has 0 saturated carbocycles. The number of hydrogen-bond acceptors (Lipinski definition) is 4. The summed E-state index contributed by atoms with van der Waals surface area (Å²) < 4.78 is 46.9. The van der Waals surface area contributed by atoms with Crippen molar-refractivity contribution in [1.29, 1.82) is 0 Å². The molecule has 6 nitrogen and oxygen atoms in total. The van der Waals surface area contributed by atoms with Crippen molar-refractivity contribution in [3.05, 3.63) is 59.4 Å². The fraction of sp³-hybridized carbons (Fsp3) is 0.381. The Kier molecular flexibility index (Phi) is 5.18. The van der Waals surface area contributed by atoms with Crippen LogP contribution in [0, 0.1) is 5.82 Å². The molecule has 0 N–H and O–H groups in total. The Balaban J connectivity index is 1.63. The lowest BCUT2D eigenvalue weighted by molar-refractivity contribution is -0.0440. The quantitative estimate of drug-likeness (QED) is 0.769. The van der Waals surface area contributed by atoms with Gasteiger partial charge in [0.1, 0.15) is 5.82 Å². The first-order valence-electron chi connectivity index (χ1n) is 9.61. The SMILES string of the molecule is CC1CN(S(=O)(=O)c2cccc(C(=O)N3CCc4ccc(F)cc43)c2)CC(C)O1. The van der Waals surface area contributed by atoms with Crippen molar-refractivity contribution in [2.24, 2.45) is 0 Å². The minimum atomic E-state index is -3.75. The smallest absolute Gasteiger partial charge is 0.258 e. The molecule has 1 fully saturated rings. The van der Waals surface area contributed by atoms with Gasteiger partial charge in [-0.25, -0.2) is 12.8 Å². The predicted octanol–water partition coefficient (Wildman–Crippen LogP) is 2.83. The summed E-state index contributed by atoms with van der Waals surface area (Å²) in [5.74, 6) is -0.745. The molecule has 8 heteroatoms. The highest BCUT2D eigenvalue weighted by atomic mass is 32.2. The molecular formula is C21H23FN2O4S. The summed E-state index contributed by atoms with van der Waals surface area (Å²) in [6.45, 7) is 4.64. The number of ether oxygens (including phenoxy) is 1. The summed E-state index contributed by atoms with van der Waals surface area (Å²) in [5.41, 5.74) is 1.71. The number of hydrogen-bond donors (Lipinski definition) is 0. The summed E-state index contributed by atoms with van der Waals surface area (Å²) in [4.78, 5) is 14.6. The van der Waals surface area contributed by atoms with Crippen molar-refractivity contribution in [1.82, 2.24) is 4.31 Å². The Morgan fingerprint density at radius 1 is 1.10 bits per heavy atom. The van der Waals surface area contributed by atoms with E-state index in [2.05, 4.69) is 0 Å². The van der Waals surface area contributed by atoms with Gasteiger partial charge in [0.05, 0.1) is 22.8 Å². The van der Waals surface area contributed by atoms with Crippen molar-refractivity contribution >= 4 is 21.6 Å². The van der Waals surface area contributed by atoms with E-state index in [4.69, 9.17) is 4.74 Å². The first-order chi connectivity index (χ1) is 13.8. The van der Waals surface area contributed by atoms with Gasteiger partial charge in [-0.05, 0) is 56.2 Å². The molecule has 1 saturated heterocycles. The van der Waals surface area contributed by atoms with Gasteiger partial charge < -0.3 is 9.64 Å². The van der Waals surface area contributed by atoms with Crippen LogP contribution in [0.25, 0.3) is 0 Å². The molecule has 154 valence electrons. The number of benzene rings is 2. The first-order valence-corrected chi connectivity index (χ1v) is 11.1. The van der Waals surface area contributed by atoms with Crippen molar-refractivity contribution in [2.75, 3.05) is 24.5 Å². The van der Waals surface area contributed by atoms with Crippen molar-refractivity contribution in [3.8, 4) is 0 Å². The Bertz CT molecular complexity index is 1050. The molecule has 0 aromatic heterocycles. The van der Waals surface area contributed by atoms with Gasteiger partial charge in [-0.15, -0.1) is 0 Å². The van der Waals surface area contributed by atoms with Crippen LogP contribution < -0.4 is 4.90 Å². The van der Waals surface area contributed by atoms with Crippen LogP contribution in [-0.2, 0) is 21.2 Å². The van der Waals surface area contributed by atoms with Gasteiger partial charge in [-0.2, -0.15) is 4.31 Å². The lowest BCUT2D eigenvalue weighted by Gasteiger charge is -2.34. The van der Waals surface area contributed by atoms with Crippen molar-refractivity contribution in [2.45, 2.75) is 37.4 Å². The standard InChI is InChI=1S/C21H23FN2O4S/c1-14-12-23(13-15(2)28-14)29(26,27)19-5-3-4-17(10-19)21(25)24-9-8-16-6-7-18(22)11-20(16)24/h3-7,10-11,14-15H,8-9,12-13H2,1-2H3. The summed E-state index contributed by atoms with van der Waals surface area (Å²) in [5, 5.41) is 0. The van der Waals surface area contributed by atoms with Crippen molar-refractivity contribution < 1.29 is 22.3 Å². The third-order valence-electron chi connectivity index (χ3n) is 5.29. The number of carbonyl (C=O) groups excluding carboxylic acids is 1. The zero-order valence-electron chi connectivity index (χ0n) is 16.3. The maximum Gasteiger partial charge on any atom is 0.258 e. The molecule has 1 amide bonds. The molecule has 2 aliphatic rings. The number of amides is 1. The summed E-state index contributed by atoms with van der Waals surface area (Å²) >= 11 is 0. The minimum absolute atomic E-state index is 0.0725. The molecule has 2 aromatic rings. The molecule has 2 aliphatic heterocycles. The number of sulfonamides is 1. The van der Waals surface area contributed by atoms with Crippen LogP contribution >= 0.6 is 0 Å². The van der Waals surface area contributed by atoms with Crippen LogP contribution in [0.5, 0.6) is 0 Å². The number of carbonyl (C=O) groups is 1. The third kappa shape index (κ3) is 3.80. The van der Waals surface area contributed by atoms with E-state index in [0.29, 0.717) is 18.7 Å². The highest BCUT2D eigenvalue weighted by Crippen LogP contribution is 2.30. The lowest BCUT2D eigenvalue weighted by atomic mass is 10.1. The largest absolute Gasteiger partial charge is 0.373 e. The Labute approximate surface area is 169 Å². The van der Waals surface area contributed by atoms with Gasteiger partial charge >= 0.3 is 0 Å². The molecule has 2 heterocycles. The second-order valence-corrected chi connectivity index (χ2v) is 9.52. The van der Waals surface area contributed by atoms with E-state index in [1.165, 1.54) is 33.5 Å². The van der Waals surface area contributed by atoms with Crippen LogP contribution in [0.3, 0.4) is 0 Å². The maximum atomic E-state index is 13.7. The van der Waals surface area contributed by atoms with Gasteiger partial charge in [0, 0.05) is 25.2 Å². The van der Waals surface area contributed by atoms with E-state index in [1.807, 2.05) is 13.8 Å². The molecule has 2 aromatic carbocycles. The second kappa shape index (κ2) is 7.51. The fourth-order valence-corrected chi connectivity index (χ4v) is 5.62. The van der Waals surface area contributed by atoms with E-state index in [0.717, 1.165) is 5.56 Å². The van der Waals surface area contributed by atoms with E-state index in [9.17, 15) is 17.6 Å². The Morgan fingerprint density at radius 2 is 1.83 bits per heavy atom. The van der Waals surface area contributed by atoms with Crippen LogP contribution in [0.1, 0.15) is 29.8 Å². The highest BCUT2D eigenvalue weighted by Gasteiger charge is 2.33. The van der Waals surface area contributed by atoms with E-state index < -0.39 is 15.8 Å². The molecule has 29 heavy (non-hydrogen) atoms. The van der Waals surface area contributed by atoms with Gasteiger partial charge in [-0.3, -0.25) is 4.79 Å². The average molecular weight is 418 g/mol. The third-order valence-corrected chi connectivity index (χ3v) is 7.12. The molecule has 0 bridgehead atoms. The van der Waals surface area contributed by atoms with Crippen LogP contribution in [0.4, 0.5) is 10.1 Å². The number of fused-ring (bicyclic) bond motifs is 1. The molecule has 2 atom stereocenters. The fourth-order valence-electron chi connectivity index (χ4n) is 3.98. The molecule has 0 aliphatic carbocycles. The molecule has 4 rings (SSSR count). The van der Waals surface area contributed by atoms with E-state index in [-0.39, 0.29) is 41.7 Å². The average Bonchev–Trinajstić information content (AvgIpc) is 3.09.